The van der Waals surface area contributed by atoms with Crippen molar-refractivity contribution in [2.75, 3.05) is 62.2 Å². The number of hydrogen-bond acceptors (Lipinski definition) is 9. The molecule has 2 aromatic carbocycles. The van der Waals surface area contributed by atoms with Crippen LogP contribution in [0.15, 0.2) is 97.6 Å². The van der Waals surface area contributed by atoms with E-state index in [1.54, 1.807) is 0 Å². The van der Waals surface area contributed by atoms with E-state index in [1.807, 2.05) is 45.6 Å². The summed E-state index contributed by atoms with van der Waals surface area (Å²) in [5.74, 6) is 1.87. The van der Waals surface area contributed by atoms with Gasteiger partial charge in [-0.25, -0.2) is 15.0 Å². The molecule has 0 radical (unpaired) electrons. The minimum atomic E-state index is 0.810. The average molecular weight is 796 g/mol. The number of piperazine rings is 2. The van der Waals surface area contributed by atoms with Crippen LogP contribution in [0.5, 0.6) is 0 Å². The van der Waals surface area contributed by atoms with Crippen LogP contribution in [0.2, 0.25) is 0 Å². The monoisotopic (exact) mass is 795 g/mol. The van der Waals surface area contributed by atoms with Gasteiger partial charge in [-0.3, -0.25) is 9.97 Å². The van der Waals surface area contributed by atoms with Crippen molar-refractivity contribution < 1.29 is 0 Å². The van der Waals surface area contributed by atoms with Crippen LogP contribution in [0.25, 0.3) is 66.6 Å². The molecule has 8 heterocycles. The number of fused-ring (bicyclic) bond motifs is 2. The lowest BCUT2D eigenvalue weighted by Gasteiger charge is -2.28. The lowest BCUT2D eigenvalue weighted by molar-refractivity contribution is 0.580. The van der Waals surface area contributed by atoms with Crippen molar-refractivity contribution in [1.82, 2.24) is 45.5 Å². The Kier molecular flexibility index (Phi) is 11.1. The van der Waals surface area contributed by atoms with Crippen LogP contribution in [0.4, 0.5) is 11.8 Å². The Morgan fingerprint density at radius 3 is 1.73 bits per heavy atom. The second kappa shape index (κ2) is 17.0. The zero-order valence-corrected chi connectivity index (χ0v) is 35.2. The molecule has 8 aromatic rings. The van der Waals surface area contributed by atoms with E-state index in [2.05, 4.69) is 137 Å². The normalized spacial score (nSPS) is 14.4. The molecule has 2 aliphatic rings. The Hall–Kier alpha value is -6.43. The maximum absolute atomic E-state index is 4.74. The molecule has 304 valence electrons. The highest BCUT2D eigenvalue weighted by molar-refractivity contribution is 5.94. The highest BCUT2D eigenvalue weighted by atomic mass is 15.3. The third-order valence-corrected chi connectivity index (χ3v) is 11.8. The molecule has 0 atom stereocenters. The standard InChI is InChI=1S/C25H28N6.C24H25N5/c1-4-21-22-6-5-18(19-11-16(2)29-17(3)12-19)13-23(22)30-24(21)20-14-27-25(28-15-20)31-9-7-26-8-10-31;1-16-13-19(7-8-26-16)18-3-5-21-17(2)24(28-22(21)14-18)20-4-6-23(27-15-20)29-11-9-25-10-12-29/h5-6,11-15,26,30H,4,7-10H2,1-3H3;3-8,13-15,25,28H,9-12H2,1-2H3. The van der Waals surface area contributed by atoms with E-state index >= 15 is 0 Å². The largest absolute Gasteiger partial charge is 0.354 e. The lowest BCUT2D eigenvalue weighted by Crippen LogP contribution is -2.44. The van der Waals surface area contributed by atoms with E-state index in [4.69, 9.17) is 4.98 Å². The second-order valence-electron chi connectivity index (χ2n) is 16.0. The molecule has 60 heavy (non-hydrogen) atoms. The SMILES string of the molecule is CCc1c(-c2cnc(N3CCNCC3)nc2)[nH]c2cc(-c3cc(C)nc(C)c3)ccc12.Cc1cc(-c2ccc3c(C)c(-c4ccc(N5CCNCC5)nc4)[nH]c3c2)ccn1. The highest BCUT2D eigenvalue weighted by Gasteiger charge is 2.18. The van der Waals surface area contributed by atoms with Gasteiger partial charge in [0.25, 0.3) is 0 Å². The molecule has 11 nitrogen and oxygen atoms in total. The minimum absolute atomic E-state index is 0.810. The summed E-state index contributed by atoms with van der Waals surface area (Å²) in [6, 6.07) is 26.1. The number of aromatic amines is 2. The van der Waals surface area contributed by atoms with Crippen molar-refractivity contribution in [2.24, 2.45) is 0 Å². The quantitative estimate of drug-likeness (QED) is 0.126. The molecule has 2 aliphatic heterocycles. The number of aryl methyl sites for hydroxylation is 5. The van der Waals surface area contributed by atoms with Gasteiger partial charge in [0.05, 0.1) is 11.4 Å². The molecule has 0 aliphatic carbocycles. The number of hydrogen-bond donors (Lipinski definition) is 4. The van der Waals surface area contributed by atoms with Crippen LogP contribution >= 0.6 is 0 Å². The smallest absolute Gasteiger partial charge is 0.225 e. The number of aromatic nitrogens is 7. The van der Waals surface area contributed by atoms with E-state index in [9.17, 15) is 0 Å². The molecule has 0 amide bonds. The van der Waals surface area contributed by atoms with Crippen LogP contribution in [-0.4, -0.2) is 87.2 Å². The molecular weight excluding hydrogens is 743 g/mol. The molecule has 0 spiro atoms. The highest BCUT2D eigenvalue weighted by Crippen LogP contribution is 2.35. The van der Waals surface area contributed by atoms with Gasteiger partial charge >= 0.3 is 0 Å². The van der Waals surface area contributed by atoms with Crippen LogP contribution in [0.1, 0.15) is 35.1 Å². The van der Waals surface area contributed by atoms with Gasteiger partial charge in [0.1, 0.15) is 5.82 Å². The summed E-state index contributed by atoms with van der Waals surface area (Å²) in [7, 11) is 0. The number of nitrogens with one attached hydrogen (secondary N) is 4. The van der Waals surface area contributed by atoms with Crippen molar-refractivity contribution in [3.05, 3.63) is 126 Å². The van der Waals surface area contributed by atoms with Crippen LogP contribution in [0.3, 0.4) is 0 Å². The van der Waals surface area contributed by atoms with Gasteiger partial charge in [-0.1, -0.05) is 31.2 Å². The fourth-order valence-electron chi connectivity index (χ4n) is 8.67. The number of anilines is 2. The van der Waals surface area contributed by atoms with Crippen molar-refractivity contribution in [2.45, 2.75) is 41.0 Å². The van der Waals surface area contributed by atoms with E-state index < -0.39 is 0 Å². The predicted molar refractivity (Wildman–Crippen MR) is 246 cm³/mol. The summed E-state index contributed by atoms with van der Waals surface area (Å²) < 4.78 is 0. The zero-order chi connectivity index (χ0) is 41.2. The first-order valence-electron chi connectivity index (χ1n) is 21.2. The van der Waals surface area contributed by atoms with Gasteiger partial charge < -0.3 is 30.4 Å². The summed E-state index contributed by atoms with van der Waals surface area (Å²) in [6.07, 6.45) is 8.70. The van der Waals surface area contributed by atoms with E-state index in [-0.39, 0.29) is 0 Å². The van der Waals surface area contributed by atoms with Gasteiger partial charge in [0.15, 0.2) is 0 Å². The van der Waals surface area contributed by atoms with E-state index in [0.717, 1.165) is 121 Å². The van der Waals surface area contributed by atoms with E-state index in [1.165, 1.54) is 44.2 Å². The number of H-pyrrole nitrogens is 2. The van der Waals surface area contributed by atoms with Crippen molar-refractivity contribution in [3.8, 4) is 44.8 Å². The van der Waals surface area contributed by atoms with E-state index in [0.29, 0.717) is 0 Å². The minimum Gasteiger partial charge on any atom is -0.354 e. The van der Waals surface area contributed by atoms with Crippen molar-refractivity contribution >= 4 is 33.6 Å². The van der Waals surface area contributed by atoms with Gasteiger partial charge in [-0.15, -0.1) is 0 Å². The first-order valence-corrected chi connectivity index (χ1v) is 21.2. The topological polar surface area (TPSA) is 127 Å². The Balaban J connectivity index is 0.000000154. The number of pyridine rings is 3. The second-order valence-corrected chi connectivity index (χ2v) is 16.0. The van der Waals surface area contributed by atoms with Crippen LogP contribution in [-0.2, 0) is 6.42 Å². The van der Waals surface area contributed by atoms with Gasteiger partial charge in [-0.2, -0.15) is 0 Å². The van der Waals surface area contributed by atoms with Gasteiger partial charge in [-0.05, 0) is 116 Å². The summed E-state index contributed by atoms with van der Waals surface area (Å²) in [6.45, 7) is 18.4. The van der Waals surface area contributed by atoms with Crippen molar-refractivity contribution in [3.63, 3.8) is 0 Å². The van der Waals surface area contributed by atoms with Gasteiger partial charge in [0.2, 0.25) is 5.95 Å². The lowest BCUT2D eigenvalue weighted by atomic mass is 10.0. The maximum atomic E-state index is 4.74. The van der Waals surface area contributed by atoms with Crippen LogP contribution < -0.4 is 20.4 Å². The first-order chi connectivity index (χ1) is 29.3. The molecule has 0 saturated carbocycles. The maximum Gasteiger partial charge on any atom is 0.225 e. The Bertz CT molecular complexity index is 2730. The average Bonchev–Trinajstić information content (AvgIpc) is 3.83. The zero-order valence-electron chi connectivity index (χ0n) is 35.2. The fourth-order valence-corrected chi connectivity index (χ4v) is 8.67. The Morgan fingerprint density at radius 1 is 0.517 bits per heavy atom. The third-order valence-electron chi connectivity index (χ3n) is 11.8. The van der Waals surface area contributed by atoms with Crippen LogP contribution in [0, 0.1) is 27.7 Å². The first kappa shape index (κ1) is 39.1. The number of rotatable bonds is 7. The molecule has 2 fully saturated rings. The Morgan fingerprint density at radius 2 is 1.08 bits per heavy atom. The molecule has 6 aromatic heterocycles. The number of benzene rings is 2. The predicted octanol–water partition coefficient (Wildman–Crippen LogP) is 8.59. The Labute approximate surface area is 351 Å². The summed E-state index contributed by atoms with van der Waals surface area (Å²) >= 11 is 0. The molecule has 11 heteroatoms. The summed E-state index contributed by atoms with van der Waals surface area (Å²) in [5.41, 5.74) is 17.2. The molecule has 0 unspecified atom stereocenters. The molecular formula is C49H53N11. The van der Waals surface area contributed by atoms with Crippen molar-refractivity contribution in [1.29, 1.82) is 0 Å². The number of nitrogens with zero attached hydrogens (tertiary/aromatic N) is 7. The molecule has 4 N–H and O–H groups in total. The summed E-state index contributed by atoms with van der Waals surface area (Å²) in [5, 5.41) is 9.26. The molecule has 10 rings (SSSR count). The molecule has 2 saturated heterocycles. The third kappa shape index (κ3) is 8.10. The fraction of sp³-hybridized carbons (Fsp3) is 0.286. The van der Waals surface area contributed by atoms with Gasteiger partial charge in [0, 0.05) is 127 Å². The molecule has 0 bridgehead atoms. The summed E-state index contributed by atoms with van der Waals surface area (Å²) in [4.78, 5) is 34.7.